The highest BCUT2D eigenvalue weighted by Crippen LogP contribution is 2.18. The minimum absolute atomic E-state index is 0.0255. The van der Waals surface area contributed by atoms with E-state index in [0.717, 1.165) is 0 Å². The van der Waals surface area contributed by atoms with E-state index in [9.17, 15) is 9.59 Å². The van der Waals surface area contributed by atoms with Gasteiger partial charge in [0.1, 0.15) is 6.61 Å². The predicted molar refractivity (Wildman–Crippen MR) is 71.5 cm³/mol. The molecular weight excluding hydrogens is 260 g/mol. The van der Waals surface area contributed by atoms with Crippen LogP contribution < -0.4 is 4.57 Å². The molecular formula is C14H21N2O4+. The monoisotopic (exact) mass is 281 g/mol. The number of esters is 1. The van der Waals surface area contributed by atoms with Gasteiger partial charge in [0.25, 0.3) is 6.73 Å². The summed E-state index contributed by atoms with van der Waals surface area (Å²) >= 11 is 0. The van der Waals surface area contributed by atoms with Gasteiger partial charge >= 0.3 is 12.1 Å². The van der Waals surface area contributed by atoms with Crippen LogP contribution in [-0.2, 0) is 21.0 Å². The summed E-state index contributed by atoms with van der Waals surface area (Å²) in [4.78, 5) is 24.6. The number of carbonyl (C=O) groups is 2. The van der Waals surface area contributed by atoms with Crippen molar-refractivity contribution in [2.24, 2.45) is 5.41 Å². The van der Waals surface area contributed by atoms with Crippen LogP contribution in [0, 0.1) is 5.41 Å². The van der Waals surface area contributed by atoms with Crippen LogP contribution >= 0.6 is 0 Å². The molecule has 0 aromatic carbocycles. The fourth-order valence-electron chi connectivity index (χ4n) is 1.28. The molecule has 0 radical (unpaired) electrons. The van der Waals surface area contributed by atoms with Crippen molar-refractivity contribution in [2.75, 3.05) is 20.7 Å². The highest BCUT2D eigenvalue weighted by molar-refractivity contribution is 5.76. The number of hydrogen-bond acceptors (Lipinski definition) is 4. The van der Waals surface area contributed by atoms with E-state index in [2.05, 4.69) is 0 Å². The van der Waals surface area contributed by atoms with Crippen molar-refractivity contribution in [3.05, 3.63) is 30.6 Å². The average Bonchev–Trinajstić information content (AvgIpc) is 2.43. The van der Waals surface area contributed by atoms with Gasteiger partial charge in [-0.2, -0.15) is 4.57 Å². The Labute approximate surface area is 118 Å². The number of nitrogens with zero attached hydrogens (tertiary/aromatic N) is 2. The minimum Gasteiger partial charge on any atom is -0.448 e. The summed E-state index contributed by atoms with van der Waals surface area (Å²) in [5, 5.41) is 0. The summed E-state index contributed by atoms with van der Waals surface area (Å²) in [5.41, 5.74) is -0.888. The molecule has 6 nitrogen and oxygen atoms in total. The number of aromatic nitrogens is 1. The van der Waals surface area contributed by atoms with Crippen molar-refractivity contribution >= 4 is 12.1 Å². The van der Waals surface area contributed by atoms with E-state index in [4.69, 9.17) is 9.47 Å². The molecule has 0 bridgehead atoms. The van der Waals surface area contributed by atoms with Crippen molar-refractivity contribution < 1.29 is 23.6 Å². The second-order valence-corrected chi connectivity index (χ2v) is 5.28. The fraction of sp³-hybridized carbons (Fsp3) is 0.500. The highest BCUT2D eigenvalue weighted by Gasteiger charge is 2.32. The molecule has 0 fully saturated rings. The molecule has 0 aliphatic heterocycles. The zero-order valence-corrected chi connectivity index (χ0v) is 12.3. The maximum absolute atomic E-state index is 12.0. The Morgan fingerprint density at radius 1 is 1.10 bits per heavy atom. The van der Waals surface area contributed by atoms with Gasteiger partial charge in [-0.3, -0.25) is 4.79 Å². The van der Waals surface area contributed by atoms with Crippen molar-refractivity contribution in [3.8, 4) is 0 Å². The second-order valence-electron chi connectivity index (χ2n) is 5.28. The maximum Gasteiger partial charge on any atom is 0.409 e. The van der Waals surface area contributed by atoms with Crippen molar-refractivity contribution in [3.63, 3.8) is 0 Å². The highest BCUT2D eigenvalue weighted by atomic mass is 16.6. The molecule has 1 aromatic rings. The van der Waals surface area contributed by atoms with E-state index in [1.54, 1.807) is 44.9 Å². The zero-order valence-electron chi connectivity index (χ0n) is 12.3. The Morgan fingerprint density at radius 3 is 2.25 bits per heavy atom. The summed E-state index contributed by atoms with van der Waals surface area (Å²) in [7, 11) is 3.17. The molecule has 6 heteroatoms. The number of amides is 1. The molecule has 0 saturated carbocycles. The van der Waals surface area contributed by atoms with E-state index < -0.39 is 17.5 Å². The first-order valence-corrected chi connectivity index (χ1v) is 6.28. The Kier molecular flexibility index (Phi) is 5.49. The van der Waals surface area contributed by atoms with Gasteiger partial charge in [-0.25, -0.2) is 4.79 Å². The van der Waals surface area contributed by atoms with E-state index in [1.165, 1.54) is 4.90 Å². The Morgan fingerprint density at radius 2 is 1.70 bits per heavy atom. The third-order valence-corrected chi connectivity index (χ3v) is 2.60. The molecule has 0 aliphatic rings. The molecule has 1 amide bonds. The van der Waals surface area contributed by atoms with Crippen LogP contribution in [0.2, 0.25) is 0 Å². The molecule has 0 unspecified atom stereocenters. The van der Waals surface area contributed by atoms with Crippen LogP contribution in [0.25, 0.3) is 0 Å². The lowest BCUT2D eigenvalue weighted by molar-refractivity contribution is -0.727. The van der Waals surface area contributed by atoms with Crippen LogP contribution in [-0.4, -0.2) is 37.7 Å². The third kappa shape index (κ3) is 4.87. The molecule has 0 atom stereocenters. The topological polar surface area (TPSA) is 59.7 Å². The Bertz CT molecular complexity index is 458. The first-order chi connectivity index (χ1) is 9.33. The average molecular weight is 281 g/mol. The number of pyridine rings is 1. The molecule has 0 N–H and O–H groups in total. The van der Waals surface area contributed by atoms with Crippen LogP contribution in [0.5, 0.6) is 0 Å². The van der Waals surface area contributed by atoms with Gasteiger partial charge in [-0.15, -0.1) is 0 Å². The van der Waals surface area contributed by atoms with E-state index in [1.807, 2.05) is 18.2 Å². The Balaban J connectivity index is 2.46. The molecule has 1 aromatic heterocycles. The number of carbonyl (C=O) groups excluding carboxylic acids is 2. The summed E-state index contributed by atoms with van der Waals surface area (Å²) in [6, 6.07) is 5.57. The molecule has 1 heterocycles. The van der Waals surface area contributed by atoms with Crippen LogP contribution in [0.3, 0.4) is 0 Å². The summed E-state index contributed by atoms with van der Waals surface area (Å²) in [6.45, 7) is 3.45. The van der Waals surface area contributed by atoms with Crippen molar-refractivity contribution in [2.45, 2.75) is 20.6 Å². The molecule has 20 heavy (non-hydrogen) atoms. The summed E-state index contributed by atoms with van der Waals surface area (Å²) in [6.07, 6.45) is 3.11. The number of hydrogen-bond donors (Lipinski definition) is 0. The van der Waals surface area contributed by atoms with E-state index >= 15 is 0 Å². The number of rotatable bonds is 5. The smallest absolute Gasteiger partial charge is 0.409 e. The molecule has 0 spiro atoms. The summed E-state index contributed by atoms with van der Waals surface area (Å²) < 4.78 is 12.0. The van der Waals surface area contributed by atoms with Crippen LogP contribution in [0.4, 0.5) is 4.79 Å². The molecule has 0 aliphatic carbocycles. The molecule has 110 valence electrons. The van der Waals surface area contributed by atoms with Gasteiger partial charge in [0.15, 0.2) is 12.4 Å². The van der Waals surface area contributed by atoms with Gasteiger partial charge in [0.2, 0.25) is 0 Å². The zero-order chi connectivity index (χ0) is 15.2. The molecule has 1 rings (SSSR count). The van der Waals surface area contributed by atoms with Crippen molar-refractivity contribution in [1.29, 1.82) is 0 Å². The fourth-order valence-corrected chi connectivity index (χ4v) is 1.28. The summed E-state index contributed by atoms with van der Waals surface area (Å²) in [5.74, 6) is -0.416. The van der Waals surface area contributed by atoms with Gasteiger partial charge in [0, 0.05) is 26.2 Å². The van der Waals surface area contributed by atoms with Gasteiger partial charge in [0.05, 0.1) is 5.41 Å². The SMILES string of the molecule is CN(C)C(=O)OCC(C)(C)C(=O)OC[n+]1ccccc1. The third-order valence-electron chi connectivity index (χ3n) is 2.60. The second kappa shape index (κ2) is 6.88. The lowest BCUT2D eigenvalue weighted by Crippen LogP contribution is -2.40. The molecule has 0 saturated heterocycles. The normalized spacial score (nSPS) is 10.8. The van der Waals surface area contributed by atoms with Crippen LogP contribution in [0.15, 0.2) is 30.6 Å². The largest absolute Gasteiger partial charge is 0.448 e. The standard InChI is InChI=1S/C14H21N2O4/c1-14(2,10-19-13(18)15(3)4)12(17)20-11-16-8-6-5-7-9-16/h5-9H,10-11H2,1-4H3/q+1. The van der Waals surface area contributed by atoms with E-state index in [0.29, 0.717) is 0 Å². The van der Waals surface area contributed by atoms with Gasteiger partial charge in [-0.05, 0) is 13.8 Å². The minimum atomic E-state index is -0.888. The Hall–Kier alpha value is -2.11. The van der Waals surface area contributed by atoms with Gasteiger partial charge < -0.3 is 14.4 Å². The van der Waals surface area contributed by atoms with Crippen LogP contribution in [0.1, 0.15) is 13.8 Å². The maximum atomic E-state index is 12.0. The first-order valence-electron chi connectivity index (χ1n) is 6.28. The van der Waals surface area contributed by atoms with Crippen molar-refractivity contribution in [1.82, 2.24) is 4.90 Å². The quantitative estimate of drug-likeness (QED) is 0.601. The lowest BCUT2D eigenvalue weighted by Gasteiger charge is -2.22. The van der Waals surface area contributed by atoms with Gasteiger partial charge in [-0.1, -0.05) is 6.07 Å². The van der Waals surface area contributed by atoms with E-state index in [-0.39, 0.29) is 13.3 Å². The number of ether oxygens (including phenoxy) is 2. The first kappa shape index (κ1) is 15.9. The predicted octanol–water partition coefficient (Wildman–Crippen LogP) is 1.20. The lowest BCUT2D eigenvalue weighted by atomic mass is 9.95.